The van der Waals surface area contributed by atoms with Crippen LogP contribution in [-0.2, 0) is 0 Å². The lowest BCUT2D eigenvalue weighted by Gasteiger charge is -2.20. The maximum atomic E-state index is 4.79. The Labute approximate surface area is 146 Å². The van der Waals surface area contributed by atoms with Gasteiger partial charge in [-0.2, -0.15) is 0 Å². The normalized spacial score (nSPS) is 16.3. The zero-order valence-corrected chi connectivity index (χ0v) is 15.6. The molecule has 1 aromatic carbocycles. The first-order valence-corrected chi connectivity index (χ1v) is 7.80. The number of nitrogens with zero attached hydrogens (tertiary/aromatic N) is 1. The second-order valence-electron chi connectivity index (χ2n) is 5.90. The maximum Gasteiger partial charge on any atom is 0.191 e. The summed E-state index contributed by atoms with van der Waals surface area (Å²) in [5, 5.41) is 6.82. The molecule has 0 spiro atoms. The van der Waals surface area contributed by atoms with E-state index < -0.39 is 0 Å². The van der Waals surface area contributed by atoms with Gasteiger partial charge in [0.2, 0.25) is 0 Å². The van der Waals surface area contributed by atoms with Crippen LogP contribution < -0.4 is 10.6 Å². The fourth-order valence-electron chi connectivity index (χ4n) is 2.33. The smallest absolute Gasteiger partial charge is 0.191 e. The standard InChI is InChI=1S/C17H27N3.HI/c1-4-18-17(20-15-10-11-15)19-12-16(13(2)3)14-8-6-5-7-9-14;/h5-9,13,15-16H,4,10-12H2,1-3H3,(H2,18,19,20);1H. The van der Waals surface area contributed by atoms with E-state index >= 15 is 0 Å². The highest BCUT2D eigenvalue weighted by Crippen LogP contribution is 2.24. The molecular formula is C17H28IN3. The van der Waals surface area contributed by atoms with Crippen molar-refractivity contribution in [1.29, 1.82) is 0 Å². The van der Waals surface area contributed by atoms with E-state index in [4.69, 9.17) is 4.99 Å². The molecule has 1 saturated carbocycles. The molecule has 0 heterocycles. The minimum absolute atomic E-state index is 0. The second kappa shape index (κ2) is 9.28. The van der Waals surface area contributed by atoms with Gasteiger partial charge in [-0.05, 0) is 31.2 Å². The van der Waals surface area contributed by atoms with Gasteiger partial charge in [0.15, 0.2) is 5.96 Å². The molecule has 0 amide bonds. The number of nitrogens with one attached hydrogen (secondary N) is 2. The van der Waals surface area contributed by atoms with Gasteiger partial charge in [-0.15, -0.1) is 24.0 Å². The summed E-state index contributed by atoms with van der Waals surface area (Å²) >= 11 is 0. The fourth-order valence-corrected chi connectivity index (χ4v) is 2.33. The van der Waals surface area contributed by atoms with E-state index in [1.165, 1.54) is 18.4 Å². The summed E-state index contributed by atoms with van der Waals surface area (Å²) in [6.07, 6.45) is 2.55. The molecule has 21 heavy (non-hydrogen) atoms. The predicted octanol–water partition coefficient (Wildman–Crippen LogP) is 3.76. The van der Waals surface area contributed by atoms with Crippen LogP contribution in [0, 0.1) is 5.92 Å². The molecule has 1 unspecified atom stereocenters. The molecule has 1 aliphatic rings. The SMILES string of the molecule is CCNC(=NCC(c1ccccc1)C(C)C)NC1CC1.I. The number of guanidine groups is 1. The summed E-state index contributed by atoms with van der Waals surface area (Å²) in [7, 11) is 0. The molecule has 0 bridgehead atoms. The van der Waals surface area contributed by atoms with Crippen LogP contribution in [0.5, 0.6) is 0 Å². The third-order valence-corrected chi connectivity index (χ3v) is 3.74. The van der Waals surface area contributed by atoms with Crippen molar-refractivity contribution in [3.8, 4) is 0 Å². The number of hydrogen-bond acceptors (Lipinski definition) is 1. The zero-order valence-electron chi connectivity index (χ0n) is 13.3. The number of hydrogen-bond donors (Lipinski definition) is 2. The average Bonchev–Trinajstić information content (AvgIpc) is 3.24. The lowest BCUT2D eigenvalue weighted by Crippen LogP contribution is -2.38. The van der Waals surface area contributed by atoms with E-state index in [0.717, 1.165) is 19.0 Å². The zero-order chi connectivity index (χ0) is 14.4. The van der Waals surface area contributed by atoms with Gasteiger partial charge < -0.3 is 10.6 Å². The van der Waals surface area contributed by atoms with Crippen molar-refractivity contribution in [2.45, 2.75) is 45.6 Å². The number of rotatable bonds is 6. The fraction of sp³-hybridized carbons (Fsp3) is 0.588. The summed E-state index contributed by atoms with van der Waals surface area (Å²) in [5.41, 5.74) is 1.38. The molecule has 1 fully saturated rings. The quantitative estimate of drug-likeness (QED) is 0.433. The van der Waals surface area contributed by atoms with Crippen molar-refractivity contribution in [3.63, 3.8) is 0 Å². The van der Waals surface area contributed by atoms with Crippen LogP contribution in [0.1, 0.15) is 45.1 Å². The van der Waals surface area contributed by atoms with Crippen molar-refractivity contribution in [1.82, 2.24) is 10.6 Å². The van der Waals surface area contributed by atoms with Crippen molar-refractivity contribution in [3.05, 3.63) is 35.9 Å². The Balaban J connectivity index is 0.00000220. The lowest BCUT2D eigenvalue weighted by atomic mass is 9.88. The Morgan fingerprint density at radius 2 is 1.90 bits per heavy atom. The molecule has 3 nitrogen and oxygen atoms in total. The van der Waals surface area contributed by atoms with Gasteiger partial charge in [-0.3, -0.25) is 4.99 Å². The molecule has 0 saturated heterocycles. The largest absolute Gasteiger partial charge is 0.357 e. The van der Waals surface area contributed by atoms with Crippen molar-refractivity contribution in [2.24, 2.45) is 10.9 Å². The van der Waals surface area contributed by atoms with E-state index in [2.05, 4.69) is 61.7 Å². The minimum Gasteiger partial charge on any atom is -0.357 e. The van der Waals surface area contributed by atoms with Crippen molar-refractivity contribution in [2.75, 3.05) is 13.1 Å². The predicted molar refractivity (Wildman–Crippen MR) is 102 cm³/mol. The monoisotopic (exact) mass is 401 g/mol. The molecule has 0 aliphatic heterocycles. The summed E-state index contributed by atoms with van der Waals surface area (Å²) in [4.78, 5) is 4.79. The minimum atomic E-state index is 0. The summed E-state index contributed by atoms with van der Waals surface area (Å²) in [6, 6.07) is 11.4. The number of halogens is 1. The van der Waals surface area contributed by atoms with Gasteiger partial charge in [0, 0.05) is 25.0 Å². The third kappa shape index (κ3) is 6.24. The summed E-state index contributed by atoms with van der Waals surface area (Å²) in [5.74, 6) is 2.03. The van der Waals surface area contributed by atoms with Gasteiger partial charge in [-0.25, -0.2) is 0 Å². The number of aliphatic imine (C=N–C) groups is 1. The Bertz CT molecular complexity index is 427. The molecule has 118 valence electrons. The Kier molecular flexibility index (Phi) is 8.07. The summed E-state index contributed by atoms with van der Waals surface area (Å²) in [6.45, 7) is 8.41. The molecule has 1 aliphatic carbocycles. The molecule has 0 aromatic heterocycles. The second-order valence-corrected chi connectivity index (χ2v) is 5.90. The van der Waals surface area contributed by atoms with E-state index in [9.17, 15) is 0 Å². The van der Waals surface area contributed by atoms with Crippen molar-refractivity contribution >= 4 is 29.9 Å². The van der Waals surface area contributed by atoms with Crippen molar-refractivity contribution < 1.29 is 0 Å². The van der Waals surface area contributed by atoms with Gasteiger partial charge in [-0.1, -0.05) is 44.2 Å². The molecule has 2 N–H and O–H groups in total. The third-order valence-electron chi connectivity index (χ3n) is 3.74. The molecule has 2 rings (SSSR count). The van der Waals surface area contributed by atoms with Crippen LogP contribution in [0.3, 0.4) is 0 Å². The molecule has 1 atom stereocenters. The summed E-state index contributed by atoms with van der Waals surface area (Å²) < 4.78 is 0. The highest BCUT2D eigenvalue weighted by atomic mass is 127. The van der Waals surface area contributed by atoms with E-state index in [-0.39, 0.29) is 24.0 Å². The van der Waals surface area contributed by atoms with E-state index in [1.807, 2.05) is 0 Å². The van der Waals surface area contributed by atoms with Crippen LogP contribution in [0.15, 0.2) is 35.3 Å². The van der Waals surface area contributed by atoms with E-state index in [0.29, 0.717) is 17.9 Å². The molecular weight excluding hydrogens is 373 g/mol. The first-order valence-electron chi connectivity index (χ1n) is 7.80. The van der Waals surface area contributed by atoms with Gasteiger partial charge >= 0.3 is 0 Å². The lowest BCUT2D eigenvalue weighted by molar-refractivity contribution is 0.505. The first-order chi connectivity index (χ1) is 9.70. The highest BCUT2D eigenvalue weighted by molar-refractivity contribution is 14.0. The first kappa shape index (κ1) is 18.3. The molecule has 0 radical (unpaired) electrons. The van der Waals surface area contributed by atoms with Gasteiger partial charge in [0.25, 0.3) is 0 Å². The van der Waals surface area contributed by atoms with Crippen LogP contribution in [0.2, 0.25) is 0 Å². The Morgan fingerprint density at radius 1 is 1.24 bits per heavy atom. The average molecular weight is 401 g/mol. The molecule has 1 aromatic rings. The Morgan fingerprint density at radius 3 is 2.43 bits per heavy atom. The van der Waals surface area contributed by atoms with Crippen LogP contribution in [0.4, 0.5) is 0 Å². The van der Waals surface area contributed by atoms with E-state index in [1.54, 1.807) is 0 Å². The Hall–Kier alpha value is -0.780. The van der Waals surface area contributed by atoms with Crippen LogP contribution in [0.25, 0.3) is 0 Å². The van der Waals surface area contributed by atoms with Gasteiger partial charge in [0.1, 0.15) is 0 Å². The number of benzene rings is 1. The maximum absolute atomic E-state index is 4.79. The van der Waals surface area contributed by atoms with Gasteiger partial charge in [0.05, 0.1) is 0 Å². The molecule has 4 heteroatoms. The highest BCUT2D eigenvalue weighted by Gasteiger charge is 2.22. The topological polar surface area (TPSA) is 36.4 Å². The van der Waals surface area contributed by atoms with Crippen LogP contribution >= 0.6 is 24.0 Å². The van der Waals surface area contributed by atoms with Crippen LogP contribution in [-0.4, -0.2) is 25.1 Å².